The van der Waals surface area contributed by atoms with Crippen LogP contribution in [0.3, 0.4) is 0 Å². The van der Waals surface area contributed by atoms with Gasteiger partial charge in [0, 0.05) is 39.4 Å². The second kappa shape index (κ2) is 5.05. The molecule has 0 bridgehead atoms. The molecular weight excluding hydrogens is 252 g/mol. The summed E-state index contributed by atoms with van der Waals surface area (Å²) in [5.41, 5.74) is 0.868. The predicted molar refractivity (Wildman–Crippen MR) is 78.7 cm³/mol. The summed E-state index contributed by atoms with van der Waals surface area (Å²) in [7, 11) is 4.01. The van der Waals surface area contributed by atoms with Gasteiger partial charge in [0.05, 0.1) is 11.9 Å². The van der Waals surface area contributed by atoms with Gasteiger partial charge in [0.15, 0.2) is 0 Å². The van der Waals surface area contributed by atoms with Crippen LogP contribution < -0.4 is 4.90 Å². The SMILES string of the molecule is CN1CCN(C)C2(CCN(c3cccnc3)CC2)C1=O. The zero-order valence-corrected chi connectivity index (χ0v) is 12.2. The first-order valence-corrected chi connectivity index (χ1v) is 7.25. The van der Waals surface area contributed by atoms with Crippen molar-refractivity contribution in [3.8, 4) is 0 Å². The van der Waals surface area contributed by atoms with Gasteiger partial charge >= 0.3 is 0 Å². The maximum atomic E-state index is 12.6. The van der Waals surface area contributed by atoms with Crippen LogP contribution in [-0.2, 0) is 4.79 Å². The highest BCUT2D eigenvalue weighted by atomic mass is 16.2. The number of rotatable bonds is 1. The van der Waals surface area contributed by atoms with E-state index in [0.717, 1.165) is 44.7 Å². The third-order valence-corrected chi connectivity index (χ3v) is 4.85. The molecule has 0 N–H and O–H groups in total. The summed E-state index contributed by atoms with van der Waals surface area (Å²) in [4.78, 5) is 23.3. The molecule has 20 heavy (non-hydrogen) atoms. The van der Waals surface area contributed by atoms with Crippen LogP contribution in [0.2, 0.25) is 0 Å². The number of piperidine rings is 1. The van der Waals surface area contributed by atoms with E-state index in [2.05, 4.69) is 27.9 Å². The number of carbonyl (C=O) groups is 1. The van der Waals surface area contributed by atoms with Crippen LogP contribution >= 0.6 is 0 Å². The van der Waals surface area contributed by atoms with Crippen LogP contribution in [0, 0.1) is 0 Å². The monoisotopic (exact) mass is 274 g/mol. The number of amides is 1. The van der Waals surface area contributed by atoms with E-state index in [0.29, 0.717) is 0 Å². The molecule has 5 nitrogen and oxygen atoms in total. The molecule has 2 aliphatic heterocycles. The van der Waals surface area contributed by atoms with Crippen molar-refractivity contribution in [3.63, 3.8) is 0 Å². The Bertz CT molecular complexity index is 482. The number of pyridine rings is 1. The van der Waals surface area contributed by atoms with Gasteiger partial charge in [-0.1, -0.05) is 0 Å². The number of anilines is 1. The van der Waals surface area contributed by atoms with Gasteiger partial charge in [-0.15, -0.1) is 0 Å². The van der Waals surface area contributed by atoms with E-state index in [1.807, 2.05) is 24.2 Å². The first kappa shape index (κ1) is 13.4. The van der Waals surface area contributed by atoms with Crippen molar-refractivity contribution < 1.29 is 4.79 Å². The van der Waals surface area contributed by atoms with Crippen LogP contribution in [0.1, 0.15) is 12.8 Å². The summed E-state index contributed by atoms with van der Waals surface area (Å²) in [6.45, 7) is 3.63. The van der Waals surface area contributed by atoms with Gasteiger partial charge in [0.25, 0.3) is 0 Å². The van der Waals surface area contributed by atoms with E-state index >= 15 is 0 Å². The molecule has 0 saturated carbocycles. The third-order valence-electron chi connectivity index (χ3n) is 4.85. The Labute approximate surface area is 120 Å². The molecule has 3 rings (SSSR count). The van der Waals surface area contributed by atoms with E-state index in [9.17, 15) is 4.79 Å². The fourth-order valence-corrected chi connectivity index (χ4v) is 3.41. The molecule has 5 heteroatoms. The molecule has 1 amide bonds. The standard InChI is InChI=1S/C15H22N4O/c1-17-10-11-18(2)15(14(17)20)5-8-19(9-6-15)13-4-3-7-16-12-13/h3-4,7,12H,5-6,8-11H2,1-2H3. The number of carbonyl (C=O) groups excluding carboxylic acids is 1. The zero-order valence-electron chi connectivity index (χ0n) is 12.2. The van der Waals surface area contributed by atoms with Gasteiger partial charge in [-0.2, -0.15) is 0 Å². The van der Waals surface area contributed by atoms with E-state index in [1.54, 1.807) is 6.20 Å². The Hall–Kier alpha value is -1.62. The normalized spacial score (nSPS) is 23.4. The Balaban J connectivity index is 1.75. The molecule has 1 aromatic heterocycles. The Morgan fingerprint density at radius 2 is 1.90 bits per heavy atom. The molecule has 2 fully saturated rings. The molecular formula is C15H22N4O. The van der Waals surface area contributed by atoms with E-state index < -0.39 is 0 Å². The lowest BCUT2D eigenvalue weighted by Crippen LogP contribution is -2.67. The van der Waals surface area contributed by atoms with Gasteiger partial charge < -0.3 is 9.80 Å². The van der Waals surface area contributed by atoms with Gasteiger partial charge in [0.2, 0.25) is 5.91 Å². The number of hydrogen-bond donors (Lipinski definition) is 0. The van der Waals surface area contributed by atoms with E-state index in [4.69, 9.17) is 0 Å². The molecule has 2 aliphatic rings. The average Bonchev–Trinajstić information content (AvgIpc) is 2.51. The highest BCUT2D eigenvalue weighted by molar-refractivity contribution is 5.87. The van der Waals surface area contributed by atoms with E-state index in [-0.39, 0.29) is 11.4 Å². The van der Waals surface area contributed by atoms with Crippen LogP contribution in [0.25, 0.3) is 0 Å². The maximum Gasteiger partial charge on any atom is 0.243 e. The maximum absolute atomic E-state index is 12.6. The van der Waals surface area contributed by atoms with Crippen molar-refractivity contribution in [2.45, 2.75) is 18.4 Å². The summed E-state index contributed by atoms with van der Waals surface area (Å²) in [5, 5.41) is 0. The third kappa shape index (κ3) is 2.06. The molecule has 0 aliphatic carbocycles. The minimum Gasteiger partial charge on any atom is -0.370 e. The number of hydrogen-bond acceptors (Lipinski definition) is 4. The quantitative estimate of drug-likeness (QED) is 0.760. The highest BCUT2D eigenvalue weighted by Crippen LogP contribution is 2.33. The lowest BCUT2D eigenvalue weighted by Gasteiger charge is -2.51. The number of piperazine rings is 1. The average molecular weight is 274 g/mol. The lowest BCUT2D eigenvalue weighted by atomic mass is 9.83. The Morgan fingerprint density at radius 1 is 1.15 bits per heavy atom. The van der Waals surface area contributed by atoms with Crippen molar-refractivity contribution in [3.05, 3.63) is 24.5 Å². The predicted octanol–water partition coefficient (Wildman–Crippen LogP) is 0.824. The van der Waals surface area contributed by atoms with E-state index in [1.165, 1.54) is 0 Å². The second-order valence-electron chi connectivity index (χ2n) is 5.88. The van der Waals surface area contributed by atoms with Crippen LogP contribution in [0.4, 0.5) is 5.69 Å². The minimum atomic E-state index is -0.286. The molecule has 2 saturated heterocycles. The Kier molecular flexibility index (Phi) is 3.38. The first-order chi connectivity index (χ1) is 9.63. The second-order valence-corrected chi connectivity index (χ2v) is 5.88. The molecule has 108 valence electrons. The number of likely N-dealkylation sites (N-methyl/N-ethyl adjacent to an activating group) is 2. The van der Waals surface area contributed by atoms with Crippen molar-refractivity contribution in [1.82, 2.24) is 14.8 Å². The first-order valence-electron chi connectivity index (χ1n) is 7.25. The van der Waals surface area contributed by atoms with Crippen molar-refractivity contribution in [2.75, 3.05) is 45.2 Å². The number of aromatic nitrogens is 1. The molecule has 0 atom stereocenters. The van der Waals surface area contributed by atoms with Crippen LogP contribution in [0.5, 0.6) is 0 Å². The number of nitrogens with zero attached hydrogens (tertiary/aromatic N) is 4. The Morgan fingerprint density at radius 3 is 2.55 bits per heavy atom. The molecule has 0 radical (unpaired) electrons. The van der Waals surface area contributed by atoms with Crippen molar-refractivity contribution >= 4 is 11.6 Å². The largest absolute Gasteiger partial charge is 0.370 e. The summed E-state index contributed by atoms with van der Waals surface area (Å²) in [5.74, 6) is 0.289. The lowest BCUT2D eigenvalue weighted by molar-refractivity contribution is -0.150. The van der Waals surface area contributed by atoms with Crippen molar-refractivity contribution in [1.29, 1.82) is 0 Å². The van der Waals surface area contributed by atoms with Gasteiger partial charge in [-0.05, 0) is 32.0 Å². The fourth-order valence-electron chi connectivity index (χ4n) is 3.41. The molecule has 0 aromatic carbocycles. The van der Waals surface area contributed by atoms with Crippen molar-refractivity contribution in [2.24, 2.45) is 0 Å². The summed E-state index contributed by atoms with van der Waals surface area (Å²) in [6, 6.07) is 4.05. The molecule has 3 heterocycles. The summed E-state index contributed by atoms with van der Waals surface area (Å²) in [6.07, 6.45) is 5.47. The van der Waals surface area contributed by atoms with Crippen LogP contribution in [-0.4, -0.2) is 66.5 Å². The van der Waals surface area contributed by atoms with Crippen LogP contribution in [0.15, 0.2) is 24.5 Å². The van der Waals surface area contributed by atoms with Gasteiger partial charge in [-0.25, -0.2) is 0 Å². The zero-order chi connectivity index (χ0) is 14.2. The topological polar surface area (TPSA) is 39.7 Å². The van der Waals surface area contributed by atoms with Gasteiger partial charge in [-0.3, -0.25) is 14.7 Å². The summed E-state index contributed by atoms with van der Waals surface area (Å²) >= 11 is 0. The smallest absolute Gasteiger partial charge is 0.243 e. The molecule has 1 aromatic rings. The fraction of sp³-hybridized carbons (Fsp3) is 0.600. The molecule has 0 unspecified atom stereocenters. The van der Waals surface area contributed by atoms with Gasteiger partial charge in [0.1, 0.15) is 5.54 Å². The highest BCUT2D eigenvalue weighted by Gasteiger charge is 2.48. The molecule has 1 spiro atoms. The summed E-state index contributed by atoms with van der Waals surface area (Å²) < 4.78 is 0. The minimum absolute atomic E-state index is 0.286.